The molecule has 1 N–H and O–H groups in total. The Hall–Kier alpha value is -4.46. The van der Waals surface area contributed by atoms with E-state index in [-0.39, 0.29) is 11.6 Å². The molecular weight excluding hydrogens is 420 g/mol. The van der Waals surface area contributed by atoms with E-state index < -0.39 is 4.92 Å². The number of amides is 1. The molecule has 0 fully saturated rings. The molecule has 0 atom stereocenters. The molecule has 5 rings (SSSR count). The number of nitrogens with one attached hydrogen (secondary N) is 1. The Bertz CT molecular complexity index is 1390. The van der Waals surface area contributed by atoms with Gasteiger partial charge >= 0.3 is 0 Å². The third kappa shape index (κ3) is 3.94. The van der Waals surface area contributed by atoms with Crippen LogP contribution < -0.4 is 15.0 Å². The summed E-state index contributed by atoms with van der Waals surface area (Å²) in [5.41, 5.74) is 3.75. The normalized spacial score (nSPS) is 12.5. The summed E-state index contributed by atoms with van der Waals surface area (Å²) < 4.78 is 5.32. The van der Waals surface area contributed by atoms with Gasteiger partial charge in [0.25, 0.3) is 11.6 Å². The number of aromatic nitrogens is 1. The number of nitro groups is 1. The number of ether oxygens (including phenoxy) is 1. The highest BCUT2D eigenvalue weighted by Crippen LogP contribution is 2.35. The van der Waals surface area contributed by atoms with Crippen LogP contribution in [0.1, 0.15) is 15.9 Å². The molecule has 3 aromatic carbocycles. The number of carbonyl (C=O) groups is 1. The molecule has 0 radical (unpaired) electrons. The van der Waals surface area contributed by atoms with Crippen LogP contribution in [0.2, 0.25) is 0 Å². The lowest BCUT2D eigenvalue weighted by Crippen LogP contribution is -2.15. The van der Waals surface area contributed by atoms with Crippen LogP contribution in [0.15, 0.2) is 72.8 Å². The zero-order valence-corrected chi connectivity index (χ0v) is 17.8. The number of anilines is 3. The summed E-state index contributed by atoms with van der Waals surface area (Å²) in [4.78, 5) is 30.1. The topological polar surface area (TPSA) is 97.6 Å². The van der Waals surface area contributed by atoms with E-state index in [9.17, 15) is 14.9 Å². The van der Waals surface area contributed by atoms with E-state index in [1.54, 1.807) is 25.3 Å². The van der Waals surface area contributed by atoms with Crippen LogP contribution in [0, 0.1) is 10.1 Å². The molecule has 8 heteroatoms. The Morgan fingerprint density at radius 1 is 1.09 bits per heavy atom. The van der Waals surface area contributed by atoms with E-state index >= 15 is 0 Å². The molecule has 1 aliphatic rings. The van der Waals surface area contributed by atoms with E-state index in [4.69, 9.17) is 9.72 Å². The summed E-state index contributed by atoms with van der Waals surface area (Å²) in [6.07, 6.45) is 0.888. The van der Waals surface area contributed by atoms with E-state index in [1.807, 2.05) is 30.3 Å². The minimum absolute atomic E-state index is 0.0755. The van der Waals surface area contributed by atoms with E-state index in [2.05, 4.69) is 16.3 Å². The maximum absolute atomic E-state index is 12.6. The second-order valence-electron chi connectivity index (χ2n) is 7.74. The SMILES string of the molecule is COc1ccc2cc3c(nc2c1)N(c1ccc(C(=O)Nc2cccc([N+](=O)[O-])c2)cc1)CC3. The molecule has 33 heavy (non-hydrogen) atoms. The molecule has 8 nitrogen and oxygen atoms in total. The van der Waals surface area contributed by atoms with E-state index in [1.165, 1.54) is 23.8 Å². The van der Waals surface area contributed by atoms with Crippen LogP contribution >= 0.6 is 0 Å². The zero-order valence-electron chi connectivity index (χ0n) is 17.8. The molecule has 0 bridgehead atoms. The van der Waals surface area contributed by atoms with Gasteiger partial charge in [-0.25, -0.2) is 4.98 Å². The maximum atomic E-state index is 12.6. The Morgan fingerprint density at radius 2 is 1.91 bits per heavy atom. The first kappa shape index (κ1) is 20.4. The first-order valence-electron chi connectivity index (χ1n) is 10.4. The summed E-state index contributed by atoms with van der Waals surface area (Å²) in [6, 6.07) is 21.1. The maximum Gasteiger partial charge on any atom is 0.271 e. The summed E-state index contributed by atoms with van der Waals surface area (Å²) in [5, 5.41) is 14.7. The monoisotopic (exact) mass is 440 g/mol. The van der Waals surface area contributed by atoms with Gasteiger partial charge in [-0.2, -0.15) is 0 Å². The van der Waals surface area contributed by atoms with Gasteiger partial charge in [-0.05, 0) is 60.5 Å². The number of methoxy groups -OCH3 is 1. The van der Waals surface area contributed by atoms with Crippen LogP contribution in [0.3, 0.4) is 0 Å². The molecule has 164 valence electrons. The number of carbonyl (C=O) groups excluding carboxylic acids is 1. The highest BCUT2D eigenvalue weighted by Gasteiger charge is 2.23. The van der Waals surface area contributed by atoms with Crippen molar-refractivity contribution in [1.29, 1.82) is 0 Å². The lowest BCUT2D eigenvalue weighted by molar-refractivity contribution is -0.384. The summed E-state index contributed by atoms with van der Waals surface area (Å²) in [5.74, 6) is 1.34. The minimum Gasteiger partial charge on any atom is -0.497 e. The van der Waals surface area contributed by atoms with Gasteiger partial charge < -0.3 is 15.0 Å². The second-order valence-corrected chi connectivity index (χ2v) is 7.74. The van der Waals surface area contributed by atoms with Gasteiger partial charge in [0.2, 0.25) is 0 Å². The Balaban J connectivity index is 1.37. The number of hydrogen-bond acceptors (Lipinski definition) is 6. The summed E-state index contributed by atoms with van der Waals surface area (Å²) in [6.45, 7) is 0.801. The zero-order chi connectivity index (χ0) is 22.9. The van der Waals surface area contributed by atoms with Crippen LogP contribution in [-0.4, -0.2) is 29.5 Å². The van der Waals surface area contributed by atoms with Gasteiger partial charge in [0.15, 0.2) is 0 Å². The molecule has 0 unspecified atom stereocenters. The van der Waals surface area contributed by atoms with Gasteiger partial charge in [0, 0.05) is 47.1 Å². The van der Waals surface area contributed by atoms with Gasteiger partial charge in [-0.1, -0.05) is 6.07 Å². The third-order valence-corrected chi connectivity index (χ3v) is 5.70. The molecule has 0 saturated carbocycles. The number of non-ortho nitro benzene ring substituents is 1. The predicted octanol–water partition coefficient (Wildman–Crippen LogP) is 5.10. The fourth-order valence-corrected chi connectivity index (χ4v) is 4.01. The number of nitrogens with zero attached hydrogens (tertiary/aromatic N) is 3. The quantitative estimate of drug-likeness (QED) is 0.343. The molecule has 1 aliphatic heterocycles. The standard InChI is InChI=1S/C25H20N4O4/c1-33-22-10-7-17-13-18-11-12-28(24(18)27-23(17)15-22)20-8-5-16(6-9-20)25(30)26-19-3-2-4-21(14-19)29(31)32/h2-10,13-15H,11-12H2,1H3,(H,26,30). The number of pyridine rings is 1. The van der Waals surface area contributed by atoms with Crippen LogP contribution in [-0.2, 0) is 6.42 Å². The first-order valence-corrected chi connectivity index (χ1v) is 10.4. The lowest BCUT2D eigenvalue weighted by Gasteiger charge is -2.19. The highest BCUT2D eigenvalue weighted by atomic mass is 16.6. The highest BCUT2D eigenvalue weighted by molar-refractivity contribution is 6.04. The Labute approximate surface area is 189 Å². The van der Waals surface area contributed by atoms with Crippen molar-refractivity contribution >= 4 is 39.7 Å². The van der Waals surface area contributed by atoms with Crippen molar-refractivity contribution in [2.45, 2.75) is 6.42 Å². The van der Waals surface area contributed by atoms with Gasteiger partial charge in [0.05, 0.1) is 17.5 Å². The lowest BCUT2D eigenvalue weighted by atomic mass is 10.1. The number of benzene rings is 3. The number of nitro benzene ring substituents is 1. The number of hydrogen-bond donors (Lipinski definition) is 1. The van der Waals surface area contributed by atoms with Crippen molar-refractivity contribution in [3.05, 3.63) is 94.0 Å². The third-order valence-electron chi connectivity index (χ3n) is 5.70. The molecule has 0 saturated heterocycles. The van der Waals surface area contributed by atoms with Crippen LogP contribution in [0.5, 0.6) is 5.75 Å². The van der Waals surface area contributed by atoms with Crippen molar-refractivity contribution < 1.29 is 14.5 Å². The summed E-state index contributed by atoms with van der Waals surface area (Å²) >= 11 is 0. The van der Waals surface area contributed by atoms with Crippen LogP contribution in [0.4, 0.5) is 22.9 Å². The Kier molecular flexibility index (Phi) is 5.10. The van der Waals surface area contributed by atoms with Crippen molar-refractivity contribution in [2.24, 2.45) is 0 Å². The molecule has 1 aromatic heterocycles. The van der Waals surface area contributed by atoms with E-state index in [0.717, 1.165) is 41.1 Å². The molecular formula is C25H20N4O4. The molecule has 1 amide bonds. The van der Waals surface area contributed by atoms with Crippen molar-refractivity contribution in [1.82, 2.24) is 4.98 Å². The second kappa shape index (κ2) is 8.23. The number of rotatable bonds is 5. The molecule has 0 spiro atoms. The average molecular weight is 440 g/mol. The molecule has 2 heterocycles. The van der Waals surface area contributed by atoms with E-state index in [0.29, 0.717) is 11.3 Å². The van der Waals surface area contributed by atoms with Crippen molar-refractivity contribution in [2.75, 3.05) is 23.9 Å². The number of fused-ring (bicyclic) bond motifs is 2. The fraction of sp³-hybridized carbons (Fsp3) is 0.120. The van der Waals surface area contributed by atoms with Crippen LogP contribution in [0.25, 0.3) is 10.9 Å². The van der Waals surface area contributed by atoms with Gasteiger partial charge in [0.1, 0.15) is 11.6 Å². The van der Waals surface area contributed by atoms with Crippen molar-refractivity contribution in [3.63, 3.8) is 0 Å². The van der Waals surface area contributed by atoms with Gasteiger partial charge in [-0.3, -0.25) is 14.9 Å². The van der Waals surface area contributed by atoms with Crippen molar-refractivity contribution in [3.8, 4) is 5.75 Å². The molecule has 0 aliphatic carbocycles. The smallest absolute Gasteiger partial charge is 0.271 e. The predicted molar refractivity (Wildman–Crippen MR) is 126 cm³/mol. The Morgan fingerprint density at radius 3 is 2.67 bits per heavy atom. The average Bonchev–Trinajstić information content (AvgIpc) is 3.25. The molecule has 4 aromatic rings. The fourth-order valence-electron chi connectivity index (χ4n) is 4.01. The largest absolute Gasteiger partial charge is 0.497 e. The first-order chi connectivity index (χ1) is 16.0. The van der Waals surface area contributed by atoms with Gasteiger partial charge in [-0.15, -0.1) is 0 Å². The minimum atomic E-state index is -0.494. The summed E-state index contributed by atoms with van der Waals surface area (Å²) in [7, 11) is 1.64.